The Balaban J connectivity index is 0.000000758. The first-order valence-electron chi connectivity index (χ1n) is 11.0. The van der Waals surface area contributed by atoms with E-state index >= 15 is 0 Å². The van der Waals surface area contributed by atoms with Gasteiger partial charge in [0.25, 0.3) is 6.47 Å². The van der Waals surface area contributed by atoms with Gasteiger partial charge in [-0.25, -0.2) is 0 Å². The number of carboxylic acid groups (broad SMARTS) is 1. The van der Waals surface area contributed by atoms with Gasteiger partial charge in [-0.3, -0.25) is 15.8 Å². The van der Waals surface area contributed by atoms with Crippen LogP contribution in [-0.4, -0.2) is 31.6 Å². The molecule has 0 radical (unpaired) electrons. The van der Waals surface area contributed by atoms with Crippen molar-refractivity contribution in [3.8, 4) is 22.9 Å². The second-order valence-electron chi connectivity index (χ2n) is 7.34. The van der Waals surface area contributed by atoms with E-state index < -0.39 is 11.9 Å². The summed E-state index contributed by atoms with van der Waals surface area (Å²) in [4.78, 5) is 8.36. The third-order valence-corrected chi connectivity index (χ3v) is 5.44. The van der Waals surface area contributed by atoms with Crippen molar-refractivity contribution < 1.29 is 19.4 Å². The van der Waals surface area contributed by atoms with E-state index in [1.165, 1.54) is 0 Å². The van der Waals surface area contributed by atoms with Crippen molar-refractivity contribution in [2.45, 2.75) is 32.7 Å². The summed E-state index contributed by atoms with van der Waals surface area (Å²) in [6.07, 6.45) is -0.553. The molecule has 1 heterocycles. The van der Waals surface area contributed by atoms with Gasteiger partial charge in [-0.15, -0.1) is 0 Å². The molecule has 4 N–H and O–H groups in total. The molecule has 34 heavy (non-hydrogen) atoms. The van der Waals surface area contributed by atoms with Gasteiger partial charge in [-0.05, 0) is 59.0 Å². The molecule has 0 amide bonds. The minimum atomic E-state index is -0.570. The largest absolute Gasteiger partial charge is 0.496 e. The van der Waals surface area contributed by atoms with E-state index in [9.17, 15) is 5.26 Å². The highest BCUT2D eigenvalue weighted by molar-refractivity contribution is 5.67. The molecule has 2 atom stereocenters. The van der Waals surface area contributed by atoms with Gasteiger partial charge >= 0.3 is 0 Å². The number of hydrogen-bond donors (Lipinski definition) is 3. The molecule has 7 nitrogen and oxygen atoms in total. The highest BCUT2D eigenvalue weighted by Crippen LogP contribution is 2.37. The summed E-state index contributed by atoms with van der Waals surface area (Å²) in [7, 11) is 1.67. The number of nitrogens with zero attached hydrogens (tertiary/aromatic N) is 1. The lowest BCUT2D eigenvalue weighted by Crippen LogP contribution is -2.46. The van der Waals surface area contributed by atoms with Crippen LogP contribution in [0.3, 0.4) is 0 Å². The number of aryl methyl sites for hydroxylation is 1. The summed E-state index contributed by atoms with van der Waals surface area (Å²) in [6, 6.07) is 24.2. The van der Waals surface area contributed by atoms with Crippen molar-refractivity contribution in [1.82, 2.24) is 5.32 Å². The second kappa shape index (κ2) is 12.5. The van der Waals surface area contributed by atoms with Crippen LogP contribution in [0.4, 0.5) is 0 Å². The van der Waals surface area contributed by atoms with Crippen LogP contribution in [0.1, 0.15) is 36.1 Å². The Bertz CT molecular complexity index is 1140. The molecule has 0 bridgehead atoms. The number of ether oxygens (including phenoxy) is 2. The summed E-state index contributed by atoms with van der Waals surface area (Å²) in [5, 5.41) is 19.5. The molecular weight excluding hydrogens is 430 g/mol. The maximum absolute atomic E-state index is 9.22. The van der Waals surface area contributed by atoms with E-state index in [4.69, 9.17) is 25.1 Å². The van der Waals surface area contributed by atoms with Gasteiger partial charge in [0.2, 0.25) is 0 Å². The number of nitrogens with one attached hydrogen (secondary N) is 1. The molecule has 178 valence electrons. The molecule has 3 aromatic rings. The fourth-order valence-corrected chi connectivity index (χ4v) is 3.92. The van der Waals surface area contributed by atoms with E-state index in [1.807, 2.05) is 63.2 Å². The lowest BCUT2D eigenvalue weighted by Gasteiger charge is -2.30. The first kappa shape index (κ1) is 26.6. The molecule has 0 aliphatic carbocycles. The molecule has 1 fully saturated rings. The second-order valence-corrected chi connectivity index (χ2v) is 7.34. The van der Waals surface area contributed by atoms with E-state index in [0.29, 0.717) is 12.2 Å². The monoisotopic (exact) mass is 461 g/mol. The van der Waals surface area contributed by atoms with Crippen molar-refractivity contribution >= 4 is 6.47 Å². The summed E-state index contributed by atoms with van der Waals surface area (Å²) in [5.74, 6) is 0.842. The average Bonchev–Trinajstić information content (AvgIpc) is 3.28. The first-order valence-corrected chi connectivity index (χ1v) is 11.0. The smallest absolute Gasteiger partial charge is 0.290 e. The predicted octanol–water partition coefficient (Wildman–Crippen LogP) is 4.38. The molecule has 0 spiro atoms. The minimum absolute atomic E-state index is 0.250. The lowest BCUT2D eigenvalue weighted by molar-refractivity contribution is -0.122. The Morgan fingerprint density at radius 1 is 1.12 bits per heavy atom. The van der Waals surface area contributed by atoms with Gasteiger partial charge in [0.05, 0.1) is 30.9 Å². The molecule has 0 aromatic heterocycles. The summed E-state index contributed by atoms with van der Waals surface area (Å²) in [6.45, 7) is 6.19. The Morgan fingerprint density at radius 3 is 2.29 bits per heavy atom. The molecule has 1 aliphatic heterocycles. The molecule has 2 unspecified atom stereocenters. The Hall–Kier alpha value is -3.70. The molecule has 3 aromatic carbocycles. The molecule has 0 saturated carbocycles. The number of methoxy groups -OCH3 is 1. The standard InChI is InChI=1S/C24H23N3O2.C2H6.CH2O2/c1-16-11-21(9-10-22(16)28-2)24(15-29-23(26)27-24)20-8-4-7-19(13-20)18-6-3-5-17(12-18)14-25;1-2;2-1-3/h3-13,23,27H,15,26H2,1-2H3;1-2H3;1H,(H,2,3). The van der Waals surface area contributed by atoms with E-state index in [0.717, 1.165) is 33.6 Å². The topological polar surface area (TPSA) is 118 Å². The first-order chi connectivity index (χ1) is 16.5. The highest BCUT2D eigenvalue weighted by Gasteiger charge is 2.42. The molecule has 1 saturated heterocycles. The van der Waals surface area contributed by atoms with E-state index in [-0.39, 0.29) is 6.47 Å². The number of benzene rings is 3. The molecule has 4 rings (SSSR count). The number of carbonyl (C=O) groups is 1. The maximum Gasteiger partial charge on any atom is 0.290 e. The van der Waals surface area contributed by atoms with Gasteiger partial charge < -0.3 is 14.6 Å². The van der Waals surface area contributed by atoms with Gasteiger partial charge in [0.15, 0.2) is 6.35 Å². The zero-order chi connectivity index (χ0) is 25.1. The van der Waals surface area contributed by atoms with Gasteiger partial charge in [0, 0.05) is 0 Å². The van der Waals surface area contributed by atoms with Gasteiger partial charge in [-0.2, -0.15) is 5.26 Å². The lowest BCUT2D eigenvalue weighted by atomic mass is 9.82. The summed E-state index contributed by atoms with van der Waals surface area (Å²) >= 11 is 0. The van der Waals surface area contributed by atoms with Crippen molar-refractivity contribution in [2.24, 2.45) is 5.73 Å². The fourth-order valence-electron chi connectivity index (χ4n) is 3.92. The van der Waals surface area contributed by atoms with Crippen LogP contribution in [-0.2, 0) is 15.1 Å². The number of nitriles is 1. The van der Waals surface area contributed by atoms with Crippen LogP contribution >= 0.6 is 0 Å². The van der Waals surface area contributed by atoms with Crippen LogP contribution in [0, 0.1) is 18.3 Å². The SMILES string of the molecule is CC.COc1ccc(C2(c3cccc(-c4cccc(C#N)c4)c3)COC(N)N2)cc1C.O=CO. The maximum atomic E-state index is 9.22. The quantitative estimate of drug-likeness (QED) is 0.494. The van der Waals surface area contributed by atoms with Gasteiger partial charge in [-0.1, -0.05) is 56.3 Å². The van der Waals surface area contributed by atoms with Gasteiger partial charge in [0.1, 0.15) is 5.75 Å². The Kier molecular flexibility index (Phi) is 9.77. The van der Waals surface area contributed by atoms with Crippen molar-refractivity contribution in [1.29, 1.82) is 5.26 Å². The van der Waals surface area contributed by atoms with Crippen molar-refractivity contribution in [3.63, 3.8) is 0 Å². The number of rotatable bonds is 4. The summed E-state index contributed by atoms with van der Waals surface area (Å²) < 4.78 is 11.2. The minimum Gasteiger partial charge on any atom is -0.496 e. The zero-order valence-electron chi connectivity index (χ0n) is 19.9. The summed E-state index contributed by atoms with van der Waals surface area (Å²) in [5.41, 5.74) is 11.3. The average molecular weight is 462 g/mol. The third kappa shape index (κ3) is 5.80. The Morgan fingerprint density at radius 2 is 1.74 bits per heavy atom. The van der Waals surface area contributed by atoms with Crippen LogP contribution in [0.25, 0.3) is 11.1 Å². The number of nitrogens with two attached hydrogens (primary N) is 1. The molecular formula is C27H31N3O4. The van der Waals surface area contributed by atoms with Crippen molar-refractivity contribution in [2.75, 3.05) is 13.7 Å². The normalized spacial score (nSPS) is 18.4. The Labute approximate surface area is 200 Å². The van der Waals surface area contributed by atoms with Crippen LogP contribution in [0.5, 0.6) is 5.75 Å². The highest BCUT2D eigenvalue weighted by atomic mass is 16.5. The predicted molar refractivity (Wildman–Crippen MR) is 132 cm³/mol. The molecule has 1 aliphatic rings. The fraction of sp³-hybridized carbons (Fsp3) is 0.259. The van der Waals surface area contributed by atoms with Crippen LogP contribution in [0.15, 0.2) is 66.7 Å². The van der Waals surface area contributed by atoms with E-state index in [2.05, 4.69) is 29.6 Å². The van der Waals surface area contributed by atoms with Crippen LogP contribution < -0.4 is 15.8 Å². The zero-order valence-corrected chi connectivity index (χ0v) is 19.9. The number of hydrogen-bond acceptors (Lipinski definition) is 6. The van der Waals surface area contributed by atoms with Crippen LogP contribution in [0.2, 0.25) is 0 Å². The molecule has 7 heteroatoms. The van der Waals surface area contributed by atoms with E-state index in [1.54, 1.807) is 13.2 Å². The third-order valence-electron chi connectivity index (χ3n) is 5.44. The van der Waals surface area contributed by atoms with Crippen molar-refractivity contribution in [3.05, 3.63) is 89.0 Å².